The van der Waals surface area contributed by atoms with Crippen molar-refractivity contribution in [1.82, 2.24) is 9.88 Å². The second-order valence-electron chi connectivity index (χ2n) is 4.87. The van der Waals surface area contributed by atoms with Crippen molar-refractivity contribution in [1.29, 1.82) is 0 Å². The molecule has 1 aromatic heterocycles. The highest BCUT2D eigenvalue weighted by atomic mass is 35.5. The molecule has 0 aliphatic carbocycles. The summed E-state index contributed by atoms with van der Waals surface area (Å²) in [6.45, 7) is 7.86. The number of nitrogens with zero attached hydrogens (tertiary/aromatic N) is 2. The summed E-state index contributed by atoms with van der Waals surface area (Å²) >= 11 is 6.14. The first-order chi connectivity index (χ1) is 10.0. The van der Waals surface area contributed by atoms with Crippen molar-refractivity contribution in [2.24, 2.45) is 0 Å². The van der Waals surface area contributed by atoms with Crippen LogP contribution >= 0.6 is 11.6 Å². The maximum atomic E-state index is 12.7. The molecule has 0 radical (unpaired) electrons. The first-order valence-corrected chi connectivity index (χ1v) is 7.62. The second-order valence-corrected chi connectivity index (χ2v) is 5.28. The van der Waals surface area contributed by atoms with Crippen LogP contribution in [0.3, 0.4) is 0 Å². The van der Waals surface area contributed by atoms with Crippen LogP contribution in [0.1, 0.15) is 37.6 Å². The van der Waals surface area contributed by atoms with Gasteiger partial charge in [0.05, 0.1) is 23.2 Å². The molecule has 0 aromatic carbocycles. The smallest absolute Gasteiger partial charge is 0.255 e. The third-order valence-electron chi connectivity index (χ3n) is 3.18. The second kappa shape index (κ2) is 8.85. The van der Waals surface area contributed by atoms with Gasteiger partial charge >= 0.3 is 0 Å². The quantitative estimate of drug-likeness (QED) is 0.801. The lowest BCUT2D eigenvalue weighted by Crippen LogP contribution is -2.41. The Hall–Kier alpha value is -1.33. The molecule has 0 saturated heterocycles. The predicted octanol–water partition coefficient (Wildman–Crippen LogP) is 3.05. The van der Waals surface area contributed by atoms with Gasteiger partial charge in [-0.2, -0.15) is 0 Å². The number of halogens is 1. The minimum absolute atomic E-state index is 0.0104. The van der Waals surface area contributed by atoms with Crippen molar-refractivity contribution in [2.45, 2.75) is 33.2 Å². The van der Waals surface area contributed by atoms with Crippen molar-refractivity contribution in [2.75, 3.05) is 32.1 Å². The first kappa shape index (κ1) is 17.7. The topological polar surface area (TPSA) is 54.5 Å². The van der Waals surface area contributed by atoms with E-state index in [1.54, 1.807) is 18.1 Å². The van der Waals surface area contributed by atoms with Gasteiger partial charge in [-0.3, -0.25) is 4.79 Å². The van der Waals surface area contributed by atoms with E-state index in [2.05, 4.69) is 17.2 Å². The van der Waals surface area contributed by atoms with Crippen LogP contribution in [0.15, 0.2) is 12.3 Å². The van der Waals surface area contributed by atoms with Crippen LogP contribution in [0.25, 0.3) is 0 Å². The Kier molecular flexibility index (Phi) is 7.47. The summed E-state index contributed by atoms with van der Waals surface area (Å²) in [4.78, 5) is 18.6. The molecule has 1 aromatic rings. The van der Waals surface area contributed by atoms with Gasteiger partial charge in [-0.1, -0.05) is 18.5 Å². The van der Waals surface area contributed by atoms with E-state index in [4.69, 9.17) is 16.3 Å². The molecule has 21 heavy (non-hydrogen) atoms. The average molecular weight is 314 g/mol. The fourth-order valence-corrected chi connectivity index (χ4v) is 2.28. The number of aromatic nitrogens is 1. The highest BCUT2D eigenvalue weighted by Gasteiger charge is 2.22. The molecule has 1 amide bonds. The Morgan fingerprint density at radius 2 is 2.24 bits per heavy atom. The van der Waals surface area contributed by atoms with Crippen LogP contribution in [-0.4, -0.2) is 48.6 Å². The minimum Gasteiger partial charge on any atom is -0.383 e. The number of carbonyl (C=O) groups excluding carboxylic acids is 1. The highest BCUT2D eigenvalue weighted by molar-refractivity contribution is 6.33. The largest absolute Gasteiger partial charge is 0.383 e. The number of anilines is 1. The highest BCUT2D eigenvalue weighted by Crippen LogP contribution is 2.21. The van der Waals surface area contributed by atoms with Crippen LogP contribution in [0.5, 0.6) is 0 Å². The van der Waals surface area contributed by atoms with Crippen LogP contribution in [-0.2, 0) is 4.74 Å². The van der Waals surface area contributed by atoms with Crippen LogP contribution in [0.4, 0.5) is 5.82 Å². The van der Waals surface area contributed by atoms with Crippen LogP contribution in [0.2, 0.25) is 5.02 Å². The Morgan fingerprint density at radius 1 is 1.52 bits per heavy atom. The number of pyridine rings is 1. The van der Waals surface area contributed by atoms with E-state index in [1.807, 2.05) is 13.8 Å². The van der Waals surface area contributed by atoms with E-state index in [1.165, 1.54) is 6.20 Å². The number of hydrogen-bond acceptors (Lipinski definition) is 4. The molecule has 0 fully saturated rings. The van der Waals surface area contributed by atoms with E-state index in [9.17, 15) is 4.79 Å². The molecule has 1 rings (SSSR count). The normalized spacial score (nSPS) is 12.0. The van der Waals surface area contributed by atoms with Crippen LogP contribution in [0, 0.1) is 0 Å². The standard InChI is InChI=1S/C15H24ClN3O2/c1-5-7-17-14-8-12(13(16)9-18-14)15(20)19(6-2)11(3)10-21-4/h8-9,11H,5-7,10H2,1-4H3,(H,17,18). The molecule has 6 heteroatoms. The number of ether oxygens (including phenoxy) is 1. The summed E-state index contributed by atoms with van der Waals surface area (Å²) in [5, 5.41) is 3.53. The fourth-order valence-electron chi connectivity index (χ4n) is 2.09. The molecule has 0 saturated carbocycles. The number of nitrogens with one attached hydrogen (secondary N) is 1. The molecule has 0 aliphatic rings. The summed E-state index contributed by atoms with van der Waals surface area (Å²) in [6.07, 6.45) is 2.50. The zero-order chi connectivity index (χ0) is 15.8. The maximum absolute atomic E-state index is 12.7. The van der Waals surface area contributed by atoms with Gasteiger partial charge < -0.3 is 15.0 Å². The van der Waals surface area contributed by atoms with E-state index in [0.29, 0.717) is 29.6 Å². The molecule has 0 aliphatic heterocycles. The Bertz CT molecular complexity index is 468. The first-order valence-electron chi connectivity index (χ1n) is 7.24. The fraction of sp³-hybridized carbons (Fsp3) is 0.600. The van der Waals surface area contributed by atoms with Crippen molar-refractivity contribution in [3.8, 4) is 0 Å². The molecule has 5 nitrogen and oxygen atoms in total. The third-order valence-corrected chi connectivity index (χ3v) is 3.48. The summed E-state index contributed by atoms with van der Waals surface area (Å²) in [6, 6.07) is 1.70. The van der Waals surface area contributed by atoms with E-state index < -0.39 is 0 Å². The number of amides is 1. The lowest BCUT2D eigenvalue weighted by Gasteiger charge is -2.28. The van der Waals surface area contributed by atoms with Crippen molar-refractivity contribution in [3.05, 3.63) is 22.8 Å². The SMILES string of the molecule is CCCNc1cc(C(=O)N(CC)C(C)COC)c(Cl)cn1. The van der Waals surface area contributed by atoms with E-state index >= 15 is 0 Å². The molecular formula is C15H24ClN3O2. The van der Waals surface area contributed by atoms with Gasteiger partial charge in [-0.15, -0.1) is 0 Å². The number of hydrogen-bond donors (Lipinski definition) is 1. The number of rotatable bonds is 8. The number of carbonyl (C=O) groups is 1. The molecule has 1 atom stereocenters. The summed E-state index contributed by atoms with van der Waals surface area (Å²) in [5.74, 6) is 0.564. The monoisotopic (exact) mass is 313 g/mol. The van der Waals surface area contributed by atoms with E-state index in [0.717, 1.165) is 13.0 Å². The molecular weight excluding hydrogens is 290 g/mol. The van der Waals surface area contributed by atoms with Gasteiger partial charge in [0.25, 0.3) is 5.91 Å². The summed E-state index contributed by atoms with van der Waals surface area (Å²) in [7, 11) is 1.63. The lowest BCUT2D eigenvalue weighted by atomic mass is 10.2. The van der Waals surface area contributed by atoms with Crippen molar-refractivity contribution < 1.29 is 9.53 Å². The Balaban J connectivity index is 2.98. The number of methoxy groups -OCH3 is 1. The lowest BCUT2D eigenvalue weighted by molar-refractivity contribution is 0.0579. The molecule has 118 valence electrons. The summed E-state index contributed by atoms with van der Waals surface area (Å²) in [5.41, 5.74) is 0.468. The molecule has 1 unspecified atom stereocenters. The molecule has 1 heterocycles. The Labute approximate surface area is 131 Å². The molecule has 0 bridgehead atoms. The zero-order valence-corrected chi connectivity index (χ0v) is 13.9. The Morgan fingerprint density at radius 3 is 2.81 bits per heavy atom. The zero-order valence-electron chi connectivity index (χ0n) is 13.1. The van der Waals surface area contributed by atoms with Gasteiger partial charge in [0.15, 0.2) is 0 Å². The van der Waals surface area contributed by atoms with Gasteiger partial charge in [0.1, 0.15) is 5.82 Å². The van der Waals surface area contributed by atoms with Gasteiger partial charge in [0.2, 0.25) is 0 Å². The third kappa shape index (κ3) is 4.86. The predicted molar refractivity (Wildman–Crippen MR) is 86.1 cm³/mol. The van der Waals surface area contributed by atoms with Crippen molar-refractivity contribution in [3.63, 3.8) is 0 Å². The van der Waals surface area contributed by atoms with Gasteiger partial charge in [0, 0.05) is 26.4 Å². The minimum atomic E-state index is -0.103. The van der Waals surface area contributed by atoms with Crippen molar-refractivity contribution >= 4 is 23.3 Å². The molecule has 1 N–H and O–H groups in total. The van der Waals surface area contributed by atoms with Gasteiger partial charge in [-0.25, -0.2) is 4.98 Å². The van der Waals surface area contributed by atoms with E-state index in [-0.39, 0.29) is 11.9 Å². The summed E-state index contributed by atoms with van der Waals surface area (Å²) < 4.78 is 5.13. The maximum Gasteiger partial charge on any atom is 0.255 e. The van der Waals surface area contributed by atoms with Gasteiger partial charge in [-0.05, 0) is 26.3 Å². The molecule has 0 spiro atoms. The number of likely N-dealkylation sites (N-methyl/N-ethyl adjacent to an activating group) is 1. The average Bonchev–Trinajstić information content (AvgIpc) is 2.47. The van der Waals surface area contributed by atoms with Crippen LogP contribution < -0.4 is 5.32 Å².